The standard InChI is InChI=1S/C12H14FNO3/c1-2-11(15)14(8-7-12(16)17)10-6-4-3-5-9(10)13/h3-6H,2,7-8H2,1H3,(H,16,17). The smallest absolute Gasteiger partial charge is 0.305 e. The van der Waals surface area contributed by atoms with Gasteiger partial charge in [-0.15, -0.1) is 0 Å². The van der Waals surface area contributed by atoms with Crippen molar-refractivity contribution in [3.63, 3.8) is 0 Å². The second-order valence-electron chi connectivity index (χ2n) is 3.49. The summed E-state index contributed by atoms with van der Waals surface area (Å²) in [4.78, 5) is 23.3. The summed E-state index contributed by atoms with van der Waals surface area (Å²) in [6.07, 6.45) is -0.00592. The fraction of sp³-hybridized carbons (Fsp3) is 0.333. The lowest BCUT2D eigenvalue weighted by molar-refractivity contribution is -0.136. The lowest BCUT2D eigenvalue weighted by Gasteiger charge is -2.21. The zero-order valence-corrected chi connectivity index (χ0v) is 9.52. The topological polar surface area (TPSA) is 57.6 Å². The molecule has 5 heteroatoms. The predicted octanol–water partition coefficient (Wildman–Crippen LogP) is 2.04. The molecule has 0 fully saturated rings. The Kier molecular flexibility index (Phi) is 4.63. The average Bonchev–Trinajstić information content (AvgIpc) is 2.30. The normalized spacial score (nSPS) is 10.0. The van der Waals surface area contributed by atoms with Gasteiger partial charge in [-0.2, -0.15) is 0 Å². The maximum atomic E-state index is 13.5. The van der Waals surface area contributed by atoms with Crippen LogP contribution < -0.4 is 4.90 Å². The zero-order chi connectivity index (χ0) is 12.8. The first-order valence-corrected chi connectivity index (χ1v) is 5.33. The predicted molar refractivity (Wildman–Crippen MR) is 61.3 cm³/mol. The minimum atomic E-state index is -1.02. The summed E-state index contributed by atoms with van der Waals surface area (Å²) in [6, 6.07) is 5.83. The molecule has 1 aromatic carbocycles. The number of carbonyl (C=O) groups is 2. The van der Waals surface area contributed by atoms with Crippen LogP contribution in [0.25, 0.3) is 0 Å². The third kappa shape index (κ3) is 3.55. The first kappa shape index (κ1) is 13.2. The number of amides is 1. The molecule has 1 amide bonds. The highest BCUT2D eigenvalue weighted by Crippen LogP contribution is 2.19. The van der Waals surface area contributed by atoms with Crippen molar-refractivity contribution in [2.24, 2.45) is 0 Å². The highest BCUT2D eigenvalue weighted by Gasteiger charge is 2.17. The molecule has 4 nitrogen and oxygen atoms in total. The van der Waals surface area contributed by atoms with Crippen LogP contribution in [0.1, 0.15) is 19.8 Å². The van der Waals surface area contributed by atoms with Crippen LogP contribution in [0.5, 0.6) is 0 Å². The molecule has 0 spiro atoms. The largest absolute Gasteiger partial charge is 0.481 e. The second kappa shape index (κ2) is 5.98. The Morgan fingerprint density at radius 3 is 2.53 bits per heavy atom. The van der Waals surface area contributed by atoms with Gasteiger partial charge in [-0.25, -0.2) is 4.39 Å². The maximum Gasteiger partial charge on any atom is 0.305 e. The molecule has 0 bridgehead atoms. The SMILES string of the molecule is CCC(=O)N(CCC(=O)O)c1ccccc1F. The third-order valence-electron chi connectivity index (χ3n) is 2.30. The van der Waals surface area contributed by atoms with Gasteiger partial charge >= 0.3 is 5.97 Å². The van der Waals surface area contributed by atoms with Crippen molar-refractivity contribution in [3.05, 3.63) is 30.1 Å². The number of nitrogens with zero attached hydrogens (tertiary/aromatic N) is 1. The summed E-state index contributed by atoms with van der Waals surface area (Å²) in [5, 5.41) is 8.60. The Hall–Kier alpha value is -1.91. The van der Waals surface area contributed by atoms with E-state index >= 15 is 0 Å². The molecule has 0 aliphatic carbocycles. The fourth-order valence-electron chi connectivity index (χ4n) is 1.45. The van der Waals surface area contributed by atoms with Crippen molar-refractivity contribution in [1.29, 1.82) is 0 Å². The van der Waals surface area contributed by atoms with Crippen molar-refractivity contribution < 1.29 is 19.1 Å². The Bertz CT molecular complexity index is 420. The van der Waals surface area contributed by atoms with Gasteiger partial charge in [0.1, 0.15) is 5.82 Å². The van der Waals surface area contributed by atoms with Gasteiger partial charge in [0, 0.05) is 13.0 Å². The van der Waals surface area contributed by atoms with Gasteiger partial charge in [-0.3, -0.25) is 9.59 Å². The molecule has 0 radical (unpaired) electrons. The Morgan fingerprint density at radius 2 is 2.00 bits per heavy atom. The van der Waals surface area contributed by atoms with Gasteiger partial charge in [0.2, 0.25) is 5.91 Å². The first-order chi connectivity index (χ1) is 8.06. The molecule has 0 saturated carbocycles. The molecule has 92 valence electrons. The monoisotopic (exact) mass is 239 g/mol. The summed E-state index contributed by atoms with van der Waals surface area (Å²) in [7, 11) is 0. The van der Waals surface area contributed by atoms with Crippen molar-refractivity contribution in [2.75, 3.05) is 11.4 Å². The minimum absolute atomic E-state index is 0.0249. The van der Waals surface area contributed by atoms with E-state index in [1.165, 1.54) is 23.1 Å². The Morgan fingerprint density at radius 1 is 1.35 bits per heavy atom. The minimum Gasteiger partial charge on any atom is -0.481 e. The molecular formula is C12H14FNO3. The number of hydrogen-bond acceptors (Lipinski definition) is 2. The molecule has 0 unspecified atom stereocenters. The number of rotatable bonds is 5. The Balaban J connectivity index is 2.94. The van der Waals surface area contributed by atoms with Gasteiger partial charge in [-0.1, -0.05) is 19.1 Å². The fourth-order valence-corrected chi connectivity index (χ4v) is 1.45. The summed E-state index contributed by atoms with van der Waals surface area (Å²) < 4.78 is 13.5. The van der Waals surface area contributed by atoms with E-state index in [-0.39, 0.29) is 31.0 Å². The number of aliphatic carboxylic acids is 1. The van der Waals surface area contributed by atoms with Gasteiger partial charge in [-0.05, 0) is 12.1 Å². The van der Waals surface area contributed by atoms with Crippen LogP contribution >= 0.6 is 0 Å². The van der Waals surface area contributed by atoms with E-state index < -0.39 is 11.8 Å². The highest BCUT2D eigenvalue weighted by atomic mass is 19.1. The lowest BCUT2D eigenvalue weighted by atomic mass is 10.2. The van der Waals surface area contributed by atoms with Gasteiger partial charge in [0.25, 0.3) is 0 Å². The summed E-state index contributed by atoms with van der Waals surface area (Å²) in [6.45, 7) is 1.62. The number of carbonyl (C=O) groups excluding carboxylic acids is 1. The van der Waals surface area contributed by atoms with Crippen molar-refractivity contribution in [1.82, 2.24) is 0 Å². The number of carboxylic acids is 1. The van der Waals surface area contributed by atoms with Crippen LogP contribution in [-0.2, 0) is 9.59 Å². The van der Waals surface area contributed by atoms with Crippen LogP contribution in [0.2, 0.25) is 0 Å². The van der Waals surface area contributed by atoms with Gasteiger partial charge in [0.15, 0.2) is 0 Å². The lowest BCUT2D eigenvalue weighted by Crippen LogP contribution is -2.33. The zero-order valence-electron chi connectivity index (χ0n) is 9.52. The van der Waals surface area contributed by atoms with Crippen LogP contribution in [0, 0.1) is 5.82 Å². The van der Waals surface area contributed by atoms with Crippen LogP contribution in [-0.4, -0.2) is 23.5 Å². The molecule has 0 atom stereocenters. The summed E-state index contributed by atoms with van der Waals surface area (Å²) >= 11 is 0. The van der Waals surface area contributed by atoms with E-state index in [0.717, 1.165) is 0 Å². The van der Waals surface area contributed by atoms with Crippen LogP contribution in [0.4, 0.5) is 10.1 Å². The highest BCUT2D eigenvalue weighted by molar-refractivity contribution is 5.93. The number of benzene rings is 1. The van der Waals surface area contributed by atoms with E-state index in [0.29, 0.717) is 0 Å². The van der Waals surface area contributed by atoms with E-state index in [4.69, 9.17) is 5.11 Å². The molecule has 1 aromatic rings. The quantitative estimate of drug-likeness (QED) is 0.855. The molecule has 17 heavy (non-hydrogen) atoms. The third-order valence-corrected chi connectivity index (χ3v) is 2.30. The molecule has 0 aromatic heterocycles. The molecule has 0 saturated heterocycles. The number of halogens is 1. The van der Waals surface area contributed by atoms with Crippen molar-refractivity contribution in [3.8, 4) is 0 Å². The summed E-state index contributed by atoms with van der Waals surface area (Å²) in [5.41, 5.74) is 0.126. The van der Waals surface area contributed by atoms with Crippen LogP contribution in [0.3, 0.4) is 0 Å². The molecular weight excluding hydrogens is 225 g/mol. The van der Waals surface area contributed by atoms with Gasteiger partial charge < -0.3 is 10.0 Å². The van der Waals surface area contributed by atoms with Gasteiger partial charge in [0.05, 0.1) is 12.1 Å². The molecule has 0 aliphatic rings. The van der Waals surface area contributed by atoms with Crippen molar-refractivity contribution in [2.45, 2.75) is 19.8 Å². The van der Waals surface area contributed by atoms with E-state index in [1.807, 2.05) is 0 Å². The Labute approximate surface area is 98.7 Å². The number of para-hydroxylation sites is 1. The molecule has 1 N–H and O–H groups in total. The first-order valence-electron chi connectivity index (χ1n) is 5.33. The number of anilines is 1. The maximum absolute atomic E-state index is 13.5. The summed E-state index contributed by atoms with van der Waals surface area (Å²) in [5.74, 6) is -1.84. The van der Waals surface area contributed by atoms with Crippen molar-refractivity contribution >= 4 is 17.6 Å². The van der Waals surface area contributed by atoms with E-state index in [9.17, 15) is 14.0 Å². The second-order valence-corrected chi connectivity index (χ2v) is 3.49. The molecule has 0 aliphatic heterocycles. The molecule has 1 rings (SSSR count). The van der Waals surface area contributed by atoms with Crippen LogP contribution in [0.15, 0.2) is 24.3 Å². The van der Waals surface area contributed by atoms with E-state index in [1.54, 1.807) is 13.0 Å². The number of carboxylic acid groups (broad SMARTS) is 1. The van der Waals surface area contributed by atoms with E-state index in [2.05, 4.69) is 0 Å². The number of hydrogen-bond donors (Lipinski definition) is 1. The molecule has 0 heterocycles. The average molecular weight is 239 g/mol.